The number of nitrogens with zero attached hydrogens (tertiary/aromatic N) is 2. The Morgan fingerprint density at radius 3 is 2.42 bits per heavy atom. The lowest BCUT2D eigenvalue weighted by atomic mass is 10.2. The molecule has 1 aromatic heterocycles. The van der Waals surface area contributed by atoms with Crippen LogP contribution in [0.5, 0.6) is 0 Å². The highest BCUT2D eigenvalue weighted by molar-refractivity contribution is 7.87. The van der Waals surface area contributed by atoms with Crippen molar-refractivity contribution in [3.8, 4) is 0 Å². The van der Waals surface area contributed by atoms with Gasteiger partial charge in [-0.1, -0.05) is 0 Å². The summed E-state index contributed by atoms with van der Waals surface area (Å²) in [4.78, 5) is 13.0. The highest BCUT2D eigenvalue weighted by Crippen LogP contribution is 2.24. The molecule has 0 atom stereocenters. The first-order valence-corrected chi connectivity index (χ1v) is 6.09. The minimum Gasteiger partial charge on any atom is -0.358 e. The lowest BCUT2D eigenvalue weighted by molar-refractivity contribution is -0.389. The summed E-state index contributed by atoms with van der Waals surface area (Å²) in [7, 11) is -5.62. The molecule has 0 bridgehead atoms. The zero-order valence-corrected chi connectivity index (χ0v) is 9.94. The monoisotopic (exact) mass is 300 g/mol. The second-order valence-corrected chi connectivity index (χ2v) is 4.86. The van der Waals surface area contributed by atoms with Crippen LogP contribution in [0.3, 0.4) is 0 Å². The van der Waals surface area contributed by atoms with E-state index in [1.807, 2.05) is 0 Å². The van der Waals surface area contributed by atoms with E-state index in [4.69, 9.17) is 0 Å². The molecule has 0 amide bonds. The van der Waals surface area contributed by atoms with Crippen molar-refractivity contribution >= 4 is 15.9 Å². The summed E-state index contributed by atoms with van der Waals surface area (Å²) in [6.45, 7) is -0.735. The van der Waals surface area contributed by atoms with Gasteiger partial charge in [0.1, 0.15) is 6.20 Å². The van der Waals surface area contributed by atoms with Gasteiger partial charge in [0.2, 0.25) is 0 Å². The molecule has 0 aliphatic heterocycles. The van der Waals surface area contributed by atoms with Crippen LogP contribution in [0.25, 0.3) is 0 Å². The Morgan fingerprint density at radius 1 is 1.37 bits per heavy atom. The Bertz CT molecular complexity index is 555. The molecule has 106 valence electrons. The zero-order chi connectivity index (χ0) is 14.7. The van der Waals surface area contributed by atoms with E-state index in [0.717, 1.165) is 12.3 Å². The molecule has 0 aromatic carbocycles. The third-order valence-electron chi connectivity index (χ3n) is 1.91. The van der Waals surface area contributed by atoms with Gasteiger partial charge in [-0.15, -0.1) is 0 Å². The summed E-state index contributed by atoms with van der Waals surface area (Å²) in [5, 5.41) is 10.3. The molecule has 0 aliphatic rings. The van der Waals surface area contributed by atoms with E-state index >= 15 is 0 Å². The second-order valence-electron chi connectivity index (χ2n) is 3.25. The first-order valence-electron chi connectivity index (χ1n) is 4.68. The molecule has 1 rings (SSSR count). The van der Waals surface area contributed by atoms with Gasteiger partial charge in [0, 0.05) is 12.5 Å². The standard InChI is InChI=1S/C8H7F3N2O5S/c9-8(10,11)19(16,17)18-4-3-6-1-2-7(12-5-6)13(14)15/h1-2,5H,3-4H2. The fraction of sp³-hybridized carbons (Fsp3) is 0.375. The molecular weight excluding hydrogens is 293 g/mol. The number of nitro groups is 1. The summed E-state index contributed by atoms with van der Waals surface area (Å²) in [6.07, 6.45) is 0.877. The molecule has 0 saturated carbocycles. The van der Waals surface area contributed by atoms with Crippen molar-refractivity contribution < 1.29 is 30.7 Å². The molecule has 0 N–H and O–H groups in total. The Kier molecular flexibility index (Phi) is 4.42. The van der Waals surface area contributed by atoms with Crippen LogP contribution < -0.4 is 0 Å². The summed E-state index contributed by atoms with van der Waals surface area (Å²) in [6, 6.07) is 2.29. The Labute approximate surface area is 105 Å². The molecular formula is C8H7F3N2O5S. The maximum Gasteiger partial charge on any atom is 0.523 e. The molecule has 7 nitrogen and oxygen atoms in total. The number of hydrogen-bond acceptors (Lipinski definition) is 6. The summed E-state index contributed by atoms with van der Waals surface area (Å²) in [5.74, 6) is -0.424. The van der Waals surface area contributed by atoms with Gasteiger partial charge < -0.3 is 10.1 Å². The molecule has 0 saturated heterocycles. The van der Waals surface area contributed by atoms with Crippen LogP contribution in [0, 0.1) is 10.1 Å². The number of rotatable bonds is 5. The van der Waals surface area contributed by atoms with Gasteiger partial charge in [-0.2, -0.15) is 21.6 Å². The normalized spacial score (nSPS) is 12.4. The molecule has 0 aliphatic carbocycles. The molecule has 0 radical (unpaired) electrons. The number of hydrogen-bond donors (Lipinski definition) is 0. The Morgan fingerprint density at radius 2 is 2.00 bits per heavy atom. The minimum absolute atomic E-state index is 0.180. The van der Waals surface area contributed by atoms with Gasteiger partial charge in [-0.25, -0.2) is 0 Å². The van der Waals surface area contributed by atoms with Gasteiger partial charge in [0.15, 0.2) is 0 Å². The van der Waals surface area contributed by atoms with Crippen molar-refractivity contribution in [2.75, 3.05) is 6.61 Å². The number of pyridine rings is 1. The predicted molar refractivity (Wildman–Crippen MR) is 55.5 cm³/mol. The van der Waals surface area contributed by atoms with E-state index in [9.17, 15) is 31.7 Å². The van der Waals surface area contributed by atoms with Crippen LogP contribution >= 0.6 is 0 Å². The van der Waals surface area contributed by atoms with Crippen LogP contribution in [0.15, 0.2) is 18.3 Å². The maximum atomic E-state index is 11.9. The summed E-state index contributed by atoms with van der Waals surface area (Å²) in [5.41, 5.74) is -5.16. The third kappa shape index (κ3) is 4.13. The van der Waals surface area contributed by atoms with Gasteiger partial charge in [-0.05, 0) is 21.5 Å². The Hall–Kier alpha value is -1.75. The molecule has 0 unspecified atom stereocenters. The van der Waals surface area contributed by atoms with Crippen LogP contribution in [0.2, 0.25) is 0 Å². The van der Waals surface area contributed by atoms with Crippen LogP contribution in [-0.2, 0) is 20.7 Å². The first-order chi connectivity index (χ1) is 8.63. The van der Waals surface area contributed by atoms with Gasteiger partial charge in [0.05, 0.1) is 6.61 Å². The molecule has 1 aromatic rings. The topological polar surface area (TPSA) is 99.4 Å². The Balaban J connectivity index is 2.57. The fourth-order valence-corrected chi connectivity index (χ4v) is 1.44. The lowest BCUT2D eigenvalue weighted by Crippen LogP contribution is -2.26. The maximum absolute atomic E-state index is 11.9. The van der Waals surface area contributed by atoms with Crippen LogP contribution in [0.1, 0.15) is 5.56 Å². The highest BCUT2D eigenvalue weighted by Gasteiger charge is 2.47. The molecule has 11 heteroatoms. The first kappa shape index (κ1) is 15.3. The van der Waals surface area contributed by atoms with Gasteiger partial charge in [-0.3, -0.25) is 4.18 Å². The fourth-order valence-electron chi connectivity index (χ4n) is 1.01. The van der Waals surface area contributed by atoms with Gasteiger partial charge >= 0.3 is 21.4 Å². The zero-order valence-electron chi connectivity index (χ0n) is 9.12. The highest BCUT2D eigenvalue weighted by atomic mass is 32.2. The van der Waals surface area contributed by atoms with Crippen molar-refractivity contribution in [3.63, 3.8) is 0 Å². The summed E-state index contributed by atoms with van der Waals surface area (Å²) < 4.78 is 60.5. The van der Waals surface area contributed by atoms with E-state index in [-0.39, 0.29) is 6.42 Å². The van der Waals surface area contributed by atoms with Crippen molar-refractivity contribution in [2.24, 2.45) is 0 Å². The summed E-state index contributed by atoms with van der Waals surface area (Å²) >= 11 is 0. The third-order valence-corrected chi connectivity index (χ3v) is 2.95. The van der Waals surface area contributed by atoms with Gasteiger partial charge in [0.25, 0.3) is 0 Å². The smallest absolute Gasteiger partial charge is 0.358 e. The van der Waals surface area contributed by atoms with E-state index < -0.39 is 33.0 Å². The number of halogens is 3. The minimum atomic E-state index is -5.62. The number of aromatic nitrogens is 1. The molecule has 0 spiro atoms. The quantitative estimate of drug-likeness (QED) is 0.353. The van der Waals surface area contributed by atoms with Crippen LogP contribution in [0.4, 0.5) is 19.0 Å². The molecule has 19 heavy (non-hydrogen) atoms. The molecule has 0 fully saturated rings. The lowest BCUT2D eigenvalue weighted by Gasteiger charge is -2.07. The van der Waals surface area contributed by atoms with Crippen molar-refractivity contribution in [1.82, 2.24) is 4.98 Å². The van der Waals surface area contributed by atoms with E-state index in [1.165, 1.54) is 6.07 Å². The molecule has 1 heterocycles. The van der Waals surface area contributed by atoms with Crippen molar-refractivity contribution in [3.05, 3.63) is 34.0 Å². The largest absolute Gasteiger partial charge is 0.523 e. The van der Waals surface area contributed by atoms with E-state index in [1.54, 1.807) is 0 Å². The average molecular weight is 300 g/mol. The SMILES string of the molecule is O=[N+]([O-])c1ccc(CCOS(=O)(=O)C(F)(F)F)cn1. The van der Waals surface area contributed by atoms with Crippen LogP contribution in [-0.4, -0.2) is 30.4 Å². The second kappa shape index (κ2) is 5.48. The average Bonchev–Trinajstić information content (AvgIpc) is 2.28. The van der Waals surface area contributed by atoms with E-state index in [2.05, 4.69) is 9.17 Å². The van der Waals surface area contributed by atoms with E-state index in [0.29, 0.717) is 5.56 Å². The number of alkyl halides is 3. The van der Waals surface area contributed by atoms with Crippen molar-refractivity contribution in [2.45, 2.75) is 11.9 Å². The van der Waals surface area contributed by atoms with Crippen molar-refractivity contribution in [1.29, 1.82) is 0 Å². The predicted octanol–water partition coefficient (Wildman–Crippen LogP) is 1.40.